The molecule has 33 heavy (non-hydrogen) atoms. The summed E-state index contributed by atoms with van der Waals surface area (Å²) >= 11 is 1.52. The van der Waals surface area contributed by atoms with Gasteiger partial charge in [-0.05, 0) is 60.5 Å². The van der Waals surface area contributed by atoms with E-state index in [1.807, 2.05) is 36.6 Å². The summed E-state index contributed by atoms with van der Waals surface area (Å²) in [5, 5.41) is 7.72. The van der Waals surface area contributed by atoms with Crippen molar-refractivity contribution in [3.63, 3.8) is 0 Å². The van der Waals surface area contributed by atoms with Crippen molar-refractivity contribution in [3.8, 4) is 0 Å². The van der Waals surface area contributed by atoms with E-state index < -0.39 is 0 Å². The molecule has 0 fully saturated rings. The highest BCUT2D eigenvalue weighted by molar-refractivity contribution is 7.10. The summed E-state index contributed by atoms with van der Waals surface area (Å²) in [6.07, 6.45) is 3.65. The molecule has 5 nitrogen and oxygen atoms in total. The second-order valence-corrected chi connectivity index (χ2v) is 9.28. The normalized spacial score (nSPS) is 13.9. The average Bonchev–Trinajstić information content (AvgIpc) is 3.35. The summed E-state index contributed by atoms with van der Waals surface area (Å²) in [6, 6.07) is 19.7. The lowest BCUT2D eigenvalue weighted by molar-refractivity contribution is -0.117. The molecule has 0 saturated carbocycles. The highest BCUT2D eigenvalue weighted by atomic mass is 32.1. The highest BCUT2D eigenvalue weighted by Crippen LogP contribution is 2.18. The number of hydrogen-bond donors (Lipinski definition) is 2. The maximum Gasteiger partial charge on any atom is 0.267 e. The Morgan fingerprint density at radius 1 is 1.03 bits per heavy atom. The van der Waals surface area contributed by atoms with Gasteiger partial charge < -0.3 is 10.6 Å². The number of nitrogens with one attached hydrogen (secondary N) is 2. The lowest BCUT2D eigenvalue weighted by atomic mass is 10.00. The van der Waals surface area contributed by atoms with Crippen molar-refractivity contribution >= 4 is 29.2 Å². The molecule has 4 rings (SSSR count). The van der Waals surface area contributed by atoms with Crippen molar-refractivity contribution in [2.75, 3.05) is 19.6 Å². The van der Waals surface area contributed by atoms with Gasteiger partial charge in [0.1, 0.15) is 5.70 Å². The average molecular weight is 460 g/mol. The Morgan fingerprint density at radius 3 is 2.58 bits per heavy atom. The van der Waals surface area contributed by atoms with E-state index in [4.69, 9.17) is 0 Å². The monoisotopic (exact) mass is 459 g/mol. The van der Waals surface area contributed by atoms with E-state index in [2.05, 4.69) is 39.8 Å². The second kappa shape index (κ2) is 11.1. The van der Waals surface area contributed by atoms with Crippen LogP contribution in [0.2, 0.25) is 0 Å². The van der Waals surface area contributed by atoms with E-state index in [1.54, 1.807) is 18.2 Å². The van der Waals surface area contributed by atoms with Gasteiger partial charge in [-0.25, -0.2) is 0 Å². The van der Waals surface area contributed by atoms with E-state index >= 15 is 0 Å². The topological polar surface area (TPSA) is 61.4 Å². The van der Waals surface area contributed by atoms with Crippen LogP contribution in [0.25, 0.3) is 6.08 Å². The predicted molar refractivity (Wildman–Crippen MR) is 134 cm³/mol. The number of rotatable bonds is 8. The van der Waals surface area contributed by atoms with Crippen LogP contribution in [-0.2, 0) is 17.8 Å². The Hall–Kier alpha value is -3.22. The number of aryl methyl sites for hydroxylation is 1. The van der Waals surface area contributed by atoms with Crippen LogP contribution in [0.3, 0.4) is 0 Å². The molecule has 2 amide bonds. The Labute approximate surface area is 199 Å². The third-order valence-electron chi connectivity index (χ3n) is 5.78. The number of fused-ring (bicyclic) bond motifs is 1. The number of nitrogens with zero attached hydrogens (tertiary/aromatic N) is 1. The zero-order valence-electron chi connectivity index (χ0n) is 18.8. The van der Waals surface area contributed by atoms with Crippen LogP contribution in [0.15, 0.2) is 71.7 Å². The van der Waals surface area contributed by atoms with Crippen molar-refractivity contribution in [2.45, 2.75) is 26.3 Å². The molecule has 2 aromatic carbocycles. The van der Waals surface area contributed by atoms with Gasteiger partial charge in [0.2, 0.25) is 0 Å². The van der Waals surface area contributed by atoms with E-state index in [-0.39, 0.29) is 17.5 Å². The fraction of sp³-hybridized carbons (Fsp3) is 0.259. The van der Waals surface area contributed by atoms with Crippen molar-refractivity contribution in [2.24, 2.45) is 0 Å². The van der Waals surface area contributed by atoms with Crippen molar-refractivity contribution in [3.05, 3.63) is 98.9 Å². The molecule has 3 aromatic rings. The van der Waals surface area contributed by atoms with Crippen LogP contribution >= 0.6 is 11.3 Å². The summed E-state index contributed by atoms with van der Waals surface area (Å²) < 4.78 is 0. The van der Waals surface area contributed by atoms with Gasteiger partial charge >= 0.3 is 0 Å². The molecule has 0 atom stereocenters. The summed E-state index contributed by atoms with van der Waals surface area (Å²) in [4.78, 5) is 28.9. The first-order valence-electron chi connectivity index (χ1n) is 11.3. The fourth-order valence-electron chi connectivity index (χ4n) is 3.92. The van der Waals surface area contributed by atoms with Crippen molar-refractivity contribution < 1.29 is 9.59 Å². The number of amides is 2. The molecule has 2 N–H and O–H groups in total. The minimum atomic E-state index is -0.292. The Bertz CT molecular complexity index is 1120. The van der Waals surface area contributed by atoms with E-state index in [9.17, 15) is 9.59 Å². The van der Waals surface area contributed by atoms with Gasteiger partial charge in [0.15, 0.2) is 0 Å². The van der Waals surface area contributed by atoms with Gasteiger partial charge in [-0.15, -0.1) is 11.3 Å². The number of thiophene rings is 1. The molecule has 0 aliphatic carbocycles. The van der Waals surface area contributed by atoms with Crippen LogP contribution in [0.1, 0.15) is 38.3 Å². The number of carbonyl (C=O) groups excluding carboxylic acids is 2. The lowest BCUT2D eigenvalue weighted by Crippen LogP contribution is -2.37. The van der Waals surface area contributed by atoms with Crippen molar-refractivity contribution in [1.82, 2.24) is 15.5 Å². The summed E-state index contributed by atoms with van der Waals surface area (Å²) in [7, 11) is 0. The minimum Gasteiger partial charge on any atom is -0.351 e. The maximum atomic E-state index is 12.9. The standard InChI is InChI=1S/C27H29N3O2S/c1-20-9-11-22(12-10-20)26(31)29-25(18-24-8-4-17-33-24)27(32)28-14-5-15-30-16-13-21-6-2-3-7-23(21)19-30/h2-4,6-12,17-18H,5,13-16,19H2,1H3,(H,28,32)(H,29,31)/b25-18-. The third kappa shape index (κ3) is 6.40. The molecule has 0 saturated heterocycles. The van der Waals surface area contributed by atoms with Crippen molar-refractivity contribution in [1.29, 1.82) is 0 Å². The summed E-state index contributed by atoms with van der Waals surface area (Å²) in [5.41, 5.74) is 4.70. The molecule has 1 aliphatic rings. The van der Waals surface area contributed by atoms with Crippen LogP contribution in [0.5, 0.6) is 0 Å². The van der Waals surface area contributed by atoms with Gasteiger partial charge in [0, 0.05) is 36.6 Å². The van der Waals surface area contributed by atoms with E-state index in [1.165, 1.54) is 22.5 Å². The second-order valence-electron chi connectivity index (χ2n) is 8.30. The quantitative estimate of drug-likeness (QED) is 0.388. The summed E-state index contributed by atoms with van der Waals surface area (Å²) in [6.45, 7) is 5.45. The SMILES string of the molecule is Cc1ccc(C(=O)N/C(=C\c2cccs2)C(=O)NCCCN2CCc3ccccc3C2)cc1. The number of benzene rings is 2. The molecular formula is C27H29N3O2S. The van der Waals surface area contributed by atoms with E-state index in [0.29, 0.717) is 12.1 Å². The van der Waals surface area contributed by atoms with Gasteiger partial charge in [-0.1, -0.05) is 48.0 Å². The summed E-state index contributed by atoms with van der Waals surface area (Å²) in [5.74, 6) is -0.562. The Balaban J connectivity index is 1.32. The molecule has 0 spiro atoms. The minimum absolute atomic E-state index is 0.259. The largest absolute Gasteiger partial charge is 0.351 e. The molecule has 0 radical (unpaired) electrons. The molecule has 1 aliphatic heterocycles. The van der Waals surface area contributed by atoms with Crippen LogP contribution in [0.4, 0.5) is 0 Å². The zero-order chi connectivity index (χ0) is 23.0. The lowest BCUT2D eigenvalue weighted by Gasteiger charge is -2.28. The highest BCUT2D eigenvalue weighted by Gasteiger charge is 2.17. The Morgan fingerprint density at radius 2 is 1.82 bits per heavy atom. The van der Waals surface area contributed by atoms with Crippen LogP contribution in [0, 0.1) is 6.92 Å². The fourth-order valence-corrected chi connectivity index (χ4v) is 4.58. The Kier molecular flexibility index (Phi) is 7.70. The van der Waals surface area contributed by atoms with Crippen LogP contribution < -0.4 is 10.6 Å². The first-order chi connectivity index (χ1) is 16.1. The van der Waals surface area contributed by atoms with E-state index in [0.717, 1.165) is 42.9 Å². The first-order valence-corrected chi connectivity index (χ1v) is 12.2. The van der Waals surface area contributed by atoms with Gasteiger partial charge in [-0.3, -0.25) is 14.5 Å². The van der Waals surface area contributed by atoms with Gasteiger partial charge in [-0.2, -0.15) is 0 Å². The molecule has 0 unspecified atom stereocenters. The first kappa shape index (κ1) is 23.0. The number of carbonyl (C=O) groups is 2. The van der Waals surface area contributed by atoms with Gasteiger partial charge in [0.25, 0.3) is 11.8 Å². The molecule has 170 valence electrons. The van der Waals surface area contributed by atoms with Gasteiger partial charge in [0.05, 0.1) is 0 Å². The predicted octanol–water partition coefficient (Wildman–Crippen LogP) is 4.39. The zero-order valence-corrected chi connectivity index (χ0v) is 19.7. The van der Waals surface area contributed by atoms with Crippen LogP contribution in [-0.4, -0.2) is 36.3 Å². The molecule has 1 aromatic heterocycles. The number of hydrogen-bond acceptors (Lipinski definition) is 4. The molecule has 6 heteroatoms. The molecule has 0 bridgehead atoms. The third-order valence-corrected chi connectivity index (χ3v) is 6.60. The molecular weight excluding hydrogens is 430 g/mol. The smallest absolute Gasteiger partial charge is 0.267 e. The molecule has 2 heterocycles. The maximum absolute atomic E-state index is 12.9.